The number of carbonyl (C=O) groups excluding carboxylic acids is 4. The minimum absolute atomic E-state index is 0.147. The molecule has 1 atom stereocenters. The van der Waals surface area contributed by atoms with Crippen molar-refractivity contribution in [1.29, 1.82) is 0 Å². The monoisotopic (exact) mass is 628 g/mol. The van der Waals surface area contributed by atoms with Gasteiger partial charge in [0.25, 0.3) is 5.91 Å². The Morgan fingerprint density at radius 2 is 1.81 bits per heavy atom. The quantitative estimate of drug-likeness (QED) is 0.310. The number of nitrogens with zero attached hydrogens (tertiary/aromatic N) is 1. The molecule has 32 heavy (non-hydrogen) atoms. The number of hydrogen-bond acceptors (Lipinski definition) is 5. The number of benzene rings is 2. The summed E-state index contributed by atoms with van der Waals surface area (Å²) in [7, 11) is 1.38. The van der Waals surface area contributed by atoms with Crippen molar-refractivity contribution in [3.05, 3.63) is 67.6 Å². The second-order valence-corrected chi connectivity index (χ2v) is 9.52. The summed E-state index contributed by atoms with van der Waals surface area (Å²) in [5.74, 6) is -1.11. The van der Waals surface area contributed by atoms with Gasteiger partial charge in [0.15, 0.2) is 0 Å². The molecule has 1 unspecified atom stereocenters. The van der Waals surface area contributed by atoms with Crippen LogP contribution >= 0.6 is 47.8 Å². The molecule has 1 N–H and O–H groups in total. The molecule has 2 aromatic carbocycles. The van der Waals surface area contributed by atoms with E-state index in [2.05, 4.69) is 57.8 Å². The van der Waals surface area contributed by atoms with Gasteiger partial charge in [-0.3, -0.25) is 19.7 Å². The standard InChI is InChI=1S/C13H11BrN2O3.C9H8Br2O2/c14-8-2-1-7-6-16(13(19)9(7)5-8)10-3-4-11(17)15-12(10)18;1-13-9(12)8-4-7(11)3-2-6(8)5-10/h1-2,5,10H,3-4,6H2,(H,15,17,18);2-4H,5H2,1H3. The van der Waals surface area contributed by atoms with E-state index in [1.165, 1.54) is 7.11 Å². The Hall–Kier alpha value is -2.04. The average Bonchev–Trinajstić information content (AvgIpc) is 3.09. The molecular weight excluding hydrogens is 612 g/mol. The van der Waals surface area contributed by atoms with E-state index in [0.717, 1.165) is 20.1 Å². The van der Waals surface area contributed by atoms with E-state index in [1.807, 2.05) is 24.3 Å². The number of amides is 3. The molecule has 2 aliphatic rings. The largest absolute Gasteiger partial charge is 0.465 e. The molecule has 168 valence electrons. The number of piperidine rings is 1. The highest BCUT2D eigenvalue weighted by Crippen LogP contribution is 2.29. The number of esters is 1. The van der Waals surface area contributed by atoms with Gasteiger partial charge >= 0.3 is 5.97 Å². The van der Waals surface area contributed by atoms with Crippen LogP contribution in [-0.4, -0.2) is 41.7 Å². The first-order chi connectivity index (χ1) is 15.2. The zero-order valence-electron chi connectivity index (χ0n) is 17.0. The first-order valence-corrected chi connectivity index (χ1v) is 12.3. The van der Waals surface area contributed by atoms with Crippen molar-refractivity contribution in [1.82, 2.24) is 10.2 Å². The Balaban J connectivity index is 0.000000195. The fraction of sp³-hybridized carbons (Fsp3) is 0.273. The van der Waals surface area contributed by atoms with Gasteiger partial charge in [-0.15, -0.1) is 0 Å². The molecular formula is C22H19Br3N2O5. The van der Waals surface area contributed by atoms with Crippen molar-refractivity contribution < 1.29 is 23.9 Å². The van der Waals surface area contributed by atoms with Crippen LogP contribution in [0.2, 0.25) is 0 Å². The maximum atomic E-state index is 12.3. The normalized spacial score (nSPS) is 17.3. The van der Waals surface area contributed by atoms with E-state index in [1.54, 1.807) is 17.0 Å². The van der Waals surface area contributed by atoms with Gasteiger partial charge in [-0.05, 0) is 41.8 Å². The lowest BCUT2D eigenvalue weighted by Crippen LogP contribution is -2.52. The number of nitrogens with one attached hydrogen (secondary N) is 1. The van der Waals surface area contributed by atoms with Gasteiger partial charge in [0, 0.05) is 32.8 Å². The van der Waals surface area contributed by atoms with Crippen molar-refractivity contribution >= 4 is 71.5 Å². The Kier molecular flexibility index (Phi) is 8.24. The summed E-state index contributed by atoms with van der Waals surface area (Å²) in [5.41, 5.74) is 3.06. The SMILES string of the molecule is COC(=O)c1cc(Br)ccc1CBr.O=C1CCC(N2Cc3ccc(Br)cc3C2=O)C(=O)N1. The number of fused-ring (bicyclic) bond motifs is 1. The van der Waals surface area contributed by atoms with Gasteiger partial charge < -0.3 is 9.64 Å². The van der Waals surface area contributed by atoms with Crippen molar-refractivity contribution in [3.8, 4) is 0 Å². The van der Waals surface area contributed by atoms with E-state index in [4.69, 9.17) is 0 Å². The van der Waals surface area contributed by atoms with Gasteiger partial charge in [0.2, 0.25) is 11.8 Å². The van der Waals surface area contributed by atoms with Gasteiger partial charge in [-0.1, -0.05) is 59.9 Å². The molecule has 1 saturated heterocycles. The van der Waals surface area contributed by atoms with Crippen molar-refractivity contribution in [2.24, 2.45) is 0 Å². The van der Waals surface area contributed by atoms with Gasteiger partial charge in [0.05, 0.1) is 12.7 Å². The van der Waals surface area contributed by atoms with Crippen molar-refractivity contribution in [3.63, 3.8) is 0 Å². The molecule has 0 radical (unpaired) electrons. The smallest absolute Gasteiger partial charge is 0.338 e. The topological polar surface area (TPSA) is 92.8 Å². The number of methoxy groups -OCH3 is 1. The molecule has 3 amide bonds. The van der Waals surface area contributed by atoms with Crippen LogP contribution in [0.1, 0.15) is 44.7 Å². The zero-order valence-corrected chi connectivity index (χ0v) is 21.8. The van der Waals surface area contributed by atoms with Crippen molar-refractivity contribution in [2.75, 3.05) is 7.11 Å². The average molecular weight is 631 g/mol. The molecule has 7 nitrogen and oxygen atoms in total. The maximum Gasteiger partial charge on any atom is 0.338 e. The number of halogens is 3. The molecule has 0 saturated carbocycles. The summed E-state index contributed by atoms with van der Waals surface area (Å²) in [5, 5.41) is 2.93. The fourth-order valence-electron chi connectivity index (χ4n) is 3.49. The second kappa shape index (κ2) is 10.7. The lowest BCUT2D eigenvalue weighted by atomic mass is 10.0. The van der Waals surface area contributed by atoms with Crippen LogP contribution in [0.15, 0.2) is 45.3 Å². The van der Waals surface area contributed by atoms with E-state index in [0.29, 0.717) is 29.4 Å². The Labute approximate surface area is 210 Å². The van der Waals surface area contributed by atoms with E-state index < -0.39 is 6.04 Å². The lowest BCUT2D eigenvalue weighted by Gasteiger charge is -2.29. The van der Waals surface area contributed by atoms with E-state index in [9.17, 15) is 19.2 Å². The molecule has 0 aromatic heterocycles. The van der Waals surface area contributed by atoms with Crippen LogP contribution in [0, 0.1) is 0 Å². The summed E-state index contributed by atoms with van der Waals surface area (Å²) >= 11 is 9.94. The highest BCUT2D eigenvalue weighted by atomic mass is 79.9. The number of rotatable bonds is 3. The third-order valence-electron chi connectivity index (χ3n) is 5.11. The Bertz CT molecular complexity index is 1090. The predicted octanol–water partition coefficient (Wildman–Crippen LogP) is 4.34. The van der Waals surface area contributed by atoms with Crippen LogP contribution in [0.3, 0.4) is 0 Å². The van der Waals surface area contributed by atoms with Gasteiger partial charge in [-0.25, -0.2) is 4.79 Å². The molecule has 2 heterocycles. The summed E-state index contributed by atoms with van der Waals surface area (Å²) in [6, 6.07) is 10.5. The molecule has 4 rings (SSSR count). The minimum atomic E-state index is -0.545. The van der Waals surface area contributed by atoms with Crippen LogP contribution < -0.4 is 5.32 Å². The summed E-state index contributed by atoms with van der Waals surface area (Å²) < 4.78 is 6.36. The summed E-state index contributed by atoms with van der Waals surface area (Å²) in [6.45, 7) is 0.424. The molecule has 0 bridgehead atoms. The zero-order chi connectivity index (χ0) is 23.4. The minimum Gasteiger partial charge on any atom is -0.465 e. The highest BCUT2D eigenvalue weighted by molar-refractivity contribution is 9.10. The van der Waals surface area contributed by atoms with Crippen molar-refractivity contribution in [2.45, 2.75) is 30.8 Å². The van der Waals surface area contributed by atoms with E-state index in [-0.39, 0.29) is 30.1 Å². The molecule has 2 aliphatic heterocycles. The molecule has 0 spiro atoms. The van der Waals surface area contributed by atoms with Gasteiger partial charge in [-0.2, -0.15) is 0 Å². The van der Waals surface area contributed by atoms with Crippen LogP contribution in [0.25, 0.3) is 0 Å². The third kappa shape index (κ3) is 5.47. The summed E-state index contributed by atoms with van der Waals surface area (Å²) in [6.07, 6.45) is 0.672. The summed E-state index contributed by atoms with van der Waals surface area (Å²) in [4.78, 5) is 48.1. The number of ether oxygens (including phenoxy) is 1. The molecule has 2 aromatic rings. The second-order valence-electron chi connectivity index (χ2n) is 7.13. The molecule has 1 fully saturated rings. The fourth-order valence-corrected chi connectivity index (χ4v) is 4.70. The predicted molar refractivity (Wildman–Crippen MR) is 128 cm³/mol. The maximum absolute atomic E-state index is 12.3. The highest BCUT2D eigenvalue weighted by Gasteiger charge is 2.38. The molecule has 0 aliphatic carbocycles. The Morgan fingerprint density at radius 1 is 1.12 bits per heavy atom. The number of alkyl halides is 1. The molecule has 10 heteroatoms. The van der Waals surface area contributed by atoms with E-state index >= 15 is 0 Å². The van der Waals surface area contributed by atoms with Gasteiger partial charge in [0.1, 0.15) is 6.04 Å². The first kappa shape index (κ1) is 24.6. The van der Waals surface area contributed by atoms with Crippen LogP contribution in [-0.2, 0) is 26.2 Å². The third-order valence-corrected chi connectivity index (χ3v) is 6.70. The Morgan fingerprint density at radius 3 is 2.47 bits per heavy atom. The van der Waals surface area contributed by atoms with Crippen LogP contribution in [0.4, 0.5) is 0 Å². The first-order valence-electron chi connectivity index (χ1n) is 9.61. The lowest BCUT2D eigenvalue weighted by molar-refractivity contribution is -0.136. The van der Waals surface area contributed by atoms with Crippen LogP contribution in [0.5, 0.6) is 0 Å². The number of hydrogen-bond donors (Lipinski definition) is 1. The number of imide groups is 1. The number of carbonyl (C=O) groups is 4.